The lowest BCUT2D eigenvalue weighted by Crippen LogP contribution is -2.35. The van der Waals surface area contributed by atoms with Crippen molar-refractivity contribution in [3.05, 3.63) is 50.4 Å². The fourth-order valence-electron chi connectivity index (χ4n) is 4.18. The number of Topliss-reactive ketones (excluding diaryl/α,β-unsaturated/α-hetero) is 1. The molecule has 1 N–H and O–H groups in total. The summed E-state index contributed by atoms with van der Waals surface area (Å²) in [6.45, 7) is 5.11. The van der Waals surface area contributed by atoms with E-state index in [9.17, 15) is 19.7 Å². The number of allylic oxidation sites excluding steroid dienone is 3. The summed E-state index contributed by atoms with van der Waals surface area (Å²) in [5, 5.41) is 15.1. The van der Waals surface area contributed by atoms with Crippen LogP contribution in [0.3, 0.4) is 0 Å². The van der Waals surface area contributed by atoms with Crippen molar-refractivity contribution in [1.29, 1.82) is 0 Å². The number of nitrogens with zero attached hydrogens (tertiary/aromatic N) is 1. The molecule has 1 aromatic rings. The first kappa shape index (κ1) is 19.9. The highest BCUT2D eigenvalue weighted by molar-refractivity contribution is 6.04. The molecule has 0 saturated heterocycles. The Bertz CT molecular complexity index is 1020. The number of carbonyl (C=O) groups excluding carboxylic acids is 2. The van der Waals surface area contributed by atoms with E-state index in [0.717, 1.165) is 0 Å². The van der Waals surface area contributed by atoms with Crippen molar-refractivity contribution in [2.24, 2.45) is 0 Å². The fraction of sp³-hybridized carbons (Fsp3) is 0.429. The lowest BCUT2D eigenvalue weighted by Gasteiger charge is -2.34. The second-order valence-electron chi connectivity index (χ2n) is 7.74. The van der Waals surface area contributed by atoms with Gasteiger partial charge in [0.15, 0.2) is 17.3 Å². The minimum Gasteiger partial charge on any atom is -0.460 e. The van der Waals surface area contributed by atoms with Crippen LogP contribution < -0.4 is 14.8 Å². The van der Waals surface area contributed by atoms with E-state index < -0.39 is 16.8 Å². The zero-order valence-corrected chi connectivity index (χ0v) is 16.9. The molecule has 0 saturated carbocycles. The van der Waals surface area contributed by atoms with Crippen molar-refractivity contribution in [2.75, 3.05) is 6.79 Å². The van der Waals surface area contributed by atoms with Gasteiger partial charge in [-0.25, -0.2) is 4.79 Å². The first-order chi connectivity index (χ1) is 14.3. The second-order valence-corrected chi connectivity index (χ2v) is 7.74. The monoisotopic (exact) mass is 414 g/mol. The second kappa shape index (κ2) is 7.47. The number of rotatable bonds is 4. The molecule has 0 bridgehead atoms. The fourth-order valence-corrected chi connectivity index (χ4v) is 4.18. The average Bonchev–Trinajstić information content (AvgIpc) is 3.12. The Morgan fingerprint density at radius 2 is 1.97 bits per heavy atom. The summed E-state index contributed by atoms with van der Waals surface area (Å²) in [5.74, 6) is -1.07. The van der Waals surface area contributed by atoms with Crippen molar-refractivity contribution >= 4 is 17.4 Å². The van der Waals surface area contributed by atoms with E-state index in [4.69, 9.17) is 14.2 Å². The van der Waals surface area contributed by atoms with Crippen LogP contribution in [0, 0.1) is 10.1 Å². The van der Waals surface area contributed by atoms with Gasteiger partial charge in [-0.2, -0.15) is 0 Å². The number of ether oxygens (including phenoxy) is 3. The van der Waals surface area contributed by atoms with Gasteiger partial charge in [0, 0.05) is 29.0 Å². The average molecular weight is 414 g/mol. The van der Waals surface area contributed by atoms with Gasteiger partial charge in [0.1, 0.15) is 0 Å². The van der Waals surface area contributed by atoms with Crippen molar-refractivity contribution in [3.63, 3.8) is 0 Å². The number of nitro benzene ring substituents is 1. The zero-order chi connectivity index (χ0) is 21.6. The number of esters is 1. The van der Waals surface area contributed by atoms with Crippen molar-refractivity contribution < 1.29 is 28.7 Å². The van der Waals surface area contributed by atoms with Gasteiger partial charge >= 0.3 is 5.97 Å². The summed E-state index contributed by atoms with van der Waals surface area (Å²) in [4.78, 5) is 37.3. The van der Waals surface area contributed by atoms with Gasteiger partial charge < -0.3 is 19.5 Å². The summed E-state index contributed by atoms with van der Waals surface area (Å²) < 4.78 is 16.1. The summed E-state index contributed by atoms with van der Waals surface area (Å²) in [6, 6.07) is 2.78. The highest BCUT2D eigenvalue weighted by atomic mass is 16.7. The van der Waals surface area contributed by atoms with E-state index in [1.54, 1.807) is 20.8 Å². The molecule has 2 aliphatic heterocycles. The third kappa shape index (κ3) is 3.30. The molecule has 1 aliphatic carbocycles. The van der Waals surface area contributed by atoms with E-state index in [0.29, 0.717) is 42.0 Å². The van der Waals surface area contributed by atoms with E-state index in [2.05, 4.69) is 5.32 Å². The number of hydrogen-bond donors (Lipinski definition) is 1. The van der Waals surface area contributed by atoms with Crippen LogP contribution in [0.2, 0.25) is 0 Å². The molecule has 0 spiro atoms. The number of fused-ring (bicyclic) bond motifs is 1. The Morgan fingerprint density at radius 1 is 1.27 bits per heavy atom. The third-order valence-electron chi connectivity index (χ3n) is 5.37. The molecule has 9 nitrogen and oxygen atoms in total. The van der Waals surface area contributed by atoms with Crippen LogP contribution >= 0.6 is 0 Å². The molecule has 4 rings (SSSR count). The molecule has 0 radical (unpaired) electrons. The Hall–Kier alpha value is -3.36. The van der Waals surface area contributed by atoms with E-state index in [1.807, 2.05) is 0 Å². The quantitative estimate of drug-likeness (QED) is 0.453. The standard InChI is InChI=1S/C21H22N2O7/c1-10(2)30-21(25)18-11(3)22-13-5-4-6-15(24)20(13)19(18)12-7-16-17(29-9-28-16)8-14(12)23(26)27/h7-8,10,19,22H,4-6,9H2,1-3H3. The Kier molecular flexibility index (Phi) is 4.97. The van der Waals surface area contributed by atoms with Crippen molar-refractivity contribution in [3.8, 4) is 11.5 Å². The zero-order valence-electron chi connectivity index (χ0n) is 16.9. The summed E-state index contributed by atoms with van der Waals surface area (Å²) in [5.41, 5.74) is 1.76. The smallest absolute Gasteiger partial charge is 0.337 e. The molecule has 30 heavy (non-hydrogen) atoms. The molecule has 3 aliphatic rings. The highest BCUT2D eigenvalue weighted by Crippen LogP contribution is 2.48. The molecule has 0 amide bonds. The molecular formula is C21H22N2O7. The van der Waals surface area contributed by atoms with Crippen LogP contribution in [-0.2, 0) is 14.3 Å². The maximum Gasteiger partial charge on any atom is 0.337 e. The molecular weight excluding hydrogens is 392 g/mol. The Labute approximate surface area is 172 Å². The maximum absolute atomic E-state index is 13.0. The molecule has 0 fully saturated rings. The number of nitrogens with one attached hydrogen (secondary N) is 1. The van der Waals surface area contributed by atoms with E-state index in [-0.39, 0.29) is 41.3 Å². The minimum absolute atomic E-state index is 0.0494. The molecule has 0 aromatic heterocycles. The van der Waals surface area contributed by atoms with Crippen LogP contribution in [0.25, 0.3) is 0 Å². The first-order valence-corrected chi connectivity index (χ1v) is 9.80. The summed E-state index contributed by atoms with van der Waals surface area (Å²) in [6.07, 6.45) is 1.24. The molecule has 1 atom stereocenters. The topological polar surface area (TPSA) is 117 Å². The number of ketones is 1. The molecule has 1 unspecified atom stereocenters. The normalized spacial score (nSPS) is 20.3. The number of nitro groups is 1. The van der Waals surface area contributed by atoms with Gasteiger partial charge in [-0.1, -0.05) is 0 Å². The third-order valence-corrected chi connectivity index (χ3v) is 5.37. The van der Waals surface area contributed by atoms with Gasteiger partial charge in [0.05, 0.1) is 28.6 Å². The Morgan fingerprint density at radius 3 is 2.63 bits per heavy atom. The lowest BCUT2D eigenvalue weighted by molar-refractivity contribution is -0.385. The first-order valence-electron chi connectivity index (χ1n) is 9.80. The molecule has 1 aromatic carbocycles. The van der Waals surface area contributed by atoms with Gasteiger partial charge in [-0.15, -0.1) is 0 Å². The number of carbonyl (C=O) groups is 2. The van der Waals surface area contributed by atoms with Gasteiger partial charge in [0.2, 0.25) is 6.79 Å². The Balaban J connectivity index is 1.95. The SMILES string of the molecule is CC1=C(C(=O)OC(C)C)C(c2cc3c(cc2[N+](=O)[O-])OCO3)C2=C(CCCC2=O)N1. The van der Waals surface area contributed by atoms with Crippen LogP contribution in [-0.4, -0.2) is 29.6 Å². The largest absolute Gasteiger partial charge is 0.460 e. The number of hydrogen-bond acceptors (Lipinski definition) is 8. The maximum atomic E-state index is 13.0. The van der Waals surface area contributed by atoms with Crippen LogP contribution in [0.4, 0.5) is 5.69 Å². The van der Waals surface area contributed by atoms with E-state index >= 15 is 0 Å². The predicted molar refractivity (Wildman–Crippen MR) is 105 cm³/mol. The van der Waals surface area contributed by atoms with Gasteiger partial charge in [-0.05, 0) is 39.7 Å². The van der Waals surface area contributed by atoms with Crippen LogP contribution in [0.15, 0.2) is 34.7 Å². The highest BCUT2D eigenvalue weighted by Gasteiger charge is 2.43. The van der Waals surface area contributed by atoms with Crippen molar-refractivity contribution in [1.82, 2.24) is 5.32 Å². The summed E-state index contributed by atoms with van der Waals surface area (Å²) in [7, 11) is 0. The molecule has 2 heterocycles. The van der Waals surface area contributed by atoms with Gasteiger partial charge in [0.25, 0.3) is 5.69 Å². The molecule has 158 valence electrons. The lowest BCUT2D eigenvalue weighted by atomic mass is 9.74. The van der Waals surface area contributed by atoms with Crippen LogP contribution in [0.5, 0.6) is 11.5 Å². The number of dihydropyridines is 1. The van der Waals surface area contributed by atoms with Crippen LogP contribution in [0.1, 0.15) is 51.5 Å². The van der Waals surface area contributed by atoms with Crippen molar-refractivity contribution in [2.45, 2.75) is 52.1 Å². The predicted octanol–water partition coefficient (Wildman–Crippen LogP) is 3.24. The molecule has 9 heteroatoms. The summed E-state index contributed by atoms with van der Waals surface area (Å²) >= 11 is 0. The van der Waals surface area contributed by atoms with Gasteiger partial charge in [-0.3, -0.25) is 14.9 Å². The minimum atomic E-state index is -0.921. The number of benzene rings is 1. The van der Waals surface area contributed by atoms with E-state index in [1.165, 1.54) is 12.1 Å².